The van der Waals surface area contributed by atoms with Crippen LogP contribution >= 0.6 is 11.3 Å². The fraction of sp³-hybridized carbons (Fsp3) is 0.280. The van der Waals surface area contributed by atoms with Crippen LogP contribution in [-0.4, -0.2) is 39.6 Å². The first-order valence-electron chi connectivity index (χ1n) is 11.0. The van der Waals surface area contributed by atoms with E-state index in [2.05, 4.69) is 16.0 Å². The minimum absolute atomic E-state index is 0.0317. The topological polar surface area (TPSA) is 77.3 Å². The molecule has 8 heteroatoms. The van der Waals surface area contributed by atoms with Gasteiger partial charge in [0.1, 0.15) is 12.4 Å². The number of anilines is 1. The number of hydrogen-bond acceptors (Lipinski definition) is 6. The van der Waals surface area contributed by atoms with Crippen LogP contribution in [0.2, 0.25) is 0 Å². The summed E-state index contributed by atoms with van der Waals surface area (Å²) in [6.45, 7) is 4.32. The number of fused-ring (bicyclic) bond motifs is 2. The quantitative estimate of drug-likeness (QED) is 0.404. The molecule has 0 radical (unpaired) electrons. The van der Waals surface area contributed by atoms with Crippen LogP contribution in [-0.2, 0) is 33.7 Å². The average molecular weight is 461 g/mol. The number of para-hydroxylation sites is 2. The Bertz CT molecular complexity index is 1360. The summed E-state index contributed by atoms with van der Waals surface area (Å²) in [5.74, 6) is 0.152. The molecule has 0 aliphatic carbocycles. The molecule has 33 heavy (non-hydrogen) atoms. The number of rotatable bonds is 6. The van der Waals surface area contributed by atoms with Gasteiger partial charge < -0.3 is 14.2 Å². The molecule has 4 aromatic rings. The highest BCUT2D eigenvalue weighted by atomic mass is 32.1. The molecule has 1 amide bonds. The van der Waals surface area contributed by atoms with Crippen LogP contribution in [0.4, 0.5) is 5.69 Å². The van der Waals surface area contributed by atoms with Gasteiger partial charge >= 0.3 is 5.97 Å². The second-order valence-electron chi connectivity index (χ2n) is 8.01. The van der Waals surface area contributed by atoms with Crippen LogP contribution in [0.15, 0.2) is 47.8 Å². The van der Waals surface area contributed by atoms with E-state index in [1.165, 1.54) is 0 Å². The molecule has 5 rings (SSSR count). The average Bonchev–Trinajstić information content (AvgIpc) is 3.54. The number of esters is 1. The van der Waals surface area contributed by atoms with Crippen molar-refractivity contribution in [2.75, 3.05) is 18.1 Å². The summed E-state index contributed by atoms with van der Waals surface area (Å²) in [5.41, 5.74) is 5.72. The van der Waals surface area contributed by atoms with Gasteiger partial charge in [0.05, 0.1) is 21.7 Å². The molecule has 0 N–H and O–H groups in total. The van der Waals surface area contributed by atoms with E-state index in [9.17, 15) is 9.59 Å². The minimum Gasteiger partial charge on any atom is -0.454 e. The summed E-state index contributed by atoms with van der Waals surface area (Å²) in [6.07, 6.45) is 1.47. The molecule has 1 aliphatic rings. The van der Waals surface area contributed by atoms with Crippen molar-refractivity contribution in [2.45, 2.75) is 33.2 Å². The lowest BCUT2D eigenvalue weighted by Gasteiger charge is -2.17. The van der Waals surface area contributed by atoms with Gasteiger partial charge in [-0.05, 0) is 43.2 Å². The van der Waals surface area contributed by atoms with E-state index in [-0.39, 0.29) is 19.1 Å². The number of carbonyl (C=O) groups is 2. The van der Waals surface area contributed by atoms with E-state index in [1.54, 1.807) is 16.2 Å². The number of thiazole rings is 1. The number of nitrogens with zero attached hydrogens (tertiary/aromatic N) is 4. The maximum absolute atomic E-state index is 12.8. The monoisotopic (exact) mass is 460 g/mol. The summed E-state index contributed by atoms with van der Waals surface area (Å²) in [4.78, 5) is 36.2. The fourth-order valence-corrected chi connectivity index (χ4v) is 4.90. The van der Waals surface area contributed by atoms with Crippen molar-refractivity contribution in [3.05, 3.63) is 64.2 Å². The van der Waals surface area contributed by atoms with E-state index < -0.39 is 5.97 Å². The molecule has 0 fully saturated rings. The van der Waals surface area contributed by atoms with Crippen LogP contribution < -0.4 is 4.90 Å². The van der Waals surface area contributed by atoms with Gasteiger partial charge in [-0.3, -0.25) is 9.59 Å². The third-order valence-electron chi connectivity index (χ3n) is 5.88. The molecule has 7 nitrogen and oxygen atoms in total. The zero-order chi connectivity index (χ0) is 22.9. The fourth-order valence-electron chi connectivity index (χ4n) is 4.28. The van der Waals surface area contributed by atoms with Crippen molar-refractivity contribution in [2.24, 2.45) is 0 Å². The number of aryl methyl sites for hydroxylation is 2. The number of carbonyl (C=O) groups excluding carboxylic acids is 2. The number of imidazole rings is 1. The summed E-state index contributed by atoms with van der Waals surface area (Å²) in [6, 6.07) is 13.7. The number of amides is 1. The zero-order valence-corrected chi connectivity index (χ0v) is 19.4. The zero-order valence-electron chi connectivity index (χ0n) is 18.6. The Hall–Kier alpha value is -3.52. The van der Waals surface area contributed by atoms with Gasteiger partial charge in [0.25, 0.3) is 5.91 Å². The van der Waals surface area contributed by atoms with Crippen LogP contribution in [0, 0.1) is 6.92 Å². The number of ether oxygens (including phenoxy) is 1. The summed E-state index contributed by atoms with van der Waals surface area (Å²) < 4.78 is 7.22. The van der Waals surface area contributed by atoms with Gasteiger partial charge in [-0.1, -0.05) is 25.1 Å². The first kappa shape index (κ1) is 21.3. The lowest BCUT2D eigenvalue weighted by molar-refractivity contribution is -0.148. The molecule has 0 bridgehead atoms. The lowest BCUT2D eigenvalue weighted by Crippen LogP contribution is -2.33. The minimum atomic E-state index is -0.449. The molecule has 0 saturated heterocycles. The van der Waals surface area contributed by atoms with Gasteiger partial charge in [-0.15, -0.1) is 11.3 Å². The van der Waals surface area contributed by atoms with Crippen molar-refractivity contribution in [1.29, 1.82) is 0 Å². The molecule has 2 aromatic heterocycles. The highest BCUT2D eigenvalue weighted by Crippen LogP contribution is 2.32. The summed E-state index contributed by atoms with van der Waals surface area (Å²) in [5, 5.41) is 3.07. The predicted molar refractivity (Wildman–Crippen MR) is 128 cm³/mol. The molecule has 1 aliphatic heterocycles. The van der Waals surface area contributed by atoms with Crippen molar-refractivity contribution in [3.8, 4) is 11.3 Å². The standard InChI is InChI=1S/C25H24N4O3S/c1-3-23-27-19-6-4-5-7-22(19)29(23)13-25(31)32-14-24(30)28-11-10-18-12-17(8-9-21(18)28)20-15-33-16(2)26-20/h4-9,12,15H,3,10-11,13-14H2,1-2H3. The van der Waals surface area contributed by atoms with E-state index in [0.29, 0.717) is 13.0 Å². The molecule has 0 unspecified atom stereocenters. The van der Waals surface area contributed by atoms with Crippen molar-refractivity contribution < 1.29 is 14.3 Å². The second-order valence-corrected chi connectivity index (χ2v) is 9.07. The molecule has 3 heterocycles. The van der Waals surface area contributed by atoms with Gasteiger partial charge in [0, 0.05) is 29.6 Å². The van der Waals surface area contributed by atoms with Gasteiger partial charge in [0.15, 0.2) is 6.61 Å². The molecule has 0 spiro atoms. The van der Waals surface area contributed by atoms with Gasteiger partial charge in [0.2, 0.25) is 0 Å². The Labute approximate surface area is 195 Å². The van der Waals surface area contributed by atoms with Crippen molar-refractivity contribution in [3.63, 3.8) is 0 Å². The Kier molecular flexibility index (Phi) is 5.68. The second kappa shape index (κ2) is 8.78. The van der Waals surface area contributed by atoms with Gasteiger partial charge in [-0.2, -0.15) is 0 Å². The first-order chi connectivity index (χ1) is 16.0. The molecule has 2 aromatic carbocycles. The number of benzene rings is 2. The predicted octanol–water partition coefficient (Wildman–Crippen LogP) is 4.16. The summed E-state index contributed by atoms with van der Waals surface area (Å²) in [7, 11) is 0. The molecular formula is C25H24N4O3S. The molecule has 0 atom stereocenters. The maximum Gasteiger partial charge on any atom is 0.326 e. The van der Waals surface area contributed by atoms with Crippen LogP contribution in [0.3, 0.4) is 0 Å². The Morgan fingerprint density at radius 2 is 2.00 bits per heavy atom. The Morgan fingerprint density at radius 1 is 1.15 bits per heavy atom. The number of hydrogen-bond donors (Lipinski definition) is 0. The lowest BCUT2D eigenvalue weighted by atomic mass is 10.1. The highest BCUT2D eigenvalue weighted by Gasteiger charge is 2.26. The molecule has 0 saturated carbocycles. The van der Waals surface area contributed by atoms with E-state index in [1.807, 2.05) is 60.2 Å². The van der Waals surface area contributed by atoms with Crippen LogP contribution in [0.5, 0.6) is 0 Å². The van der Waals surface area contributed by atoms with Crippen molar-refractivity contribution in [1.82, 2.24) is 14.5 Å². The van der Waals surface area contributed by atoms with E-state index in [0.717, 1.165) is 50.8 Å². The smallest absolute Gasteiger partial charge is 0.326 e. The Balaban J connectivity index is 1.24. The van der Waals surface area contributed by atoms with Crippen LogP contribution in [0.25, 0.3) is 22.3 Å². The highest BCUT2D eigenvalue weighted by molar-refractivity contribution is 7.09. The number of aromatic nitrogens is 3. The van der Waals surface area contributed by atoms with E-state index in [4.69, 9.17) is 4.74 Å². The first-order valence-corrected chi connectivity index (χ1v) is 11.9. The third kappa shape index (κ3) is 4.14. The Morgan fingerprint density at radius 3 is 2.79 bits per heavy atom. The largest absolute Gasteiger partial charge is 0.454 e. The van der Waals surface area contributed by atoms with E-state index >= 15 is 0 Å². The molecular weight excluding hydrogens is 436 g/mol. The normalized spacial score (nSPS) is 12.8. The van der Waals surface area contributed by atoms with Crippen LogP contribution in [0.1, 0.15) is 23.3 Å². The SMILES string of the molecule is CCc1nc2ccccc2n1CC(=O)OCC(=O)N1CCc2cc(-c3csc(C)n3)ccc21. The van der Waals surface area contributed by atoms with Gasteiger partial charge in [-0.25, -0.2) is 9.97 Å². The van der Waals surface area contributed by atoms with Crippen molar-refractivity contribution >= 4 is 39.9 Å². The summed E-state index contributed by atoms with van der Waals surface area (Å²) >= 11 is 1.62. The third-order valence-corrected chi connectivity index (χ3v) is 6.66. The molecule has 168 valence electrons. The maximum atomic E-state index is 12.8.